The lowest BCUT2D eigenvalue weighted by molar-refractivity contribution is 0.188. The molecular weight excluding hydrogens is 306 g/mol. The number of benzene rings is 1. The molecule has 6 heteroatoms. The van der Waals surface area contributed by atoms with Crippen molar-refractivity contribution in [3.8, 4) is 5.75 Å². The zero-order valence-electron chi connectivity index (χ0n) is 12.5. The third-order valence-corrected chi connectivity index (χ3v) is 4.92. The van der Waals surface area contributed by atoms with E-state index in [2.05, 4.69) is 23.3 Å². The van der Waals surface area contributed by atoms with E-state index in [9.17, 15) is 0 Å². The number of nitrogens with zero attached hydrogens (tertiary/aromatic N) is 2. The Morgan fingerprint density at radius 3 is 3.10 bits per heavy atom. The maximum absolute atomic E-state index is 5.27. The monoisotopic (exact) mass is 327 g/mol. The first kappa shape index (κ1) is 16.5. The van der Waals surface area contributed by atoms with Gasteiger partial charge in [0.25, 0.3) is 0 Å². The Labute approximate surface area is 135 Å². The predicted molar refractivity (Wildman–Crippen MR) is 90.8 cm³/mol. The summed E-state index contributed by atoms with van der Waals surface area (Å²) in [4.78, 5) is 7.23. The van der Waals surface area contributed by atoms with Gasteiger partial charge in [-0.2, -0.15) is 0 Å². The van der Waals surface area contributed by atoms with Crippen molar-refractivity contribution in [3.05, 3.63) is 23.2 Å². The zero-order chi connectivity index (χ0) is 13.9. The van der Waals surface area contributed by atoms with Crippen LogP contribution >= 0.6 is 23.7 Å². The maximum atomic E-state index is 5.27. The number of hydrogen-bond acceptors (Lipinski definition) is 5. The number of ether oxygens (including phenoxy) is 1. The molecule has 1 aliphatic rings. The average Bonchev–Trinajstić information content (AvgIpc) is 2.88. The Morgan fingerprint density at radius 2 is 2.33 bits per heavy atom. The number of likely N-dealkylation sites (N-methyl/N-ethyl adjacent to an activating group) is 1. The number of thiazole rings is 1. The summed E-state index contributed by atoms with van der Waals surface area (Å²) in [7, 11) is 3.76. The number of nitrogens with one attached hydrogen (secondary N) is 1. The van der Waals surface area contributed by atoms with Gasteiger partial charge in [0, 0.05) is 12.6 Å². The molecule has 0 aliphatic carbocycles. The van der Waals surface area contributed by atoms with Crippen LogP contribution in [0.4, 0.5) is 0 Å². The Balaban J connectivity index is 0.00000161. The minimum Gasteiger partial charge on any atom is -0.497 e. The molecule has 1 N–H and O–H groups in total. The summed E-state index contributed by atoms with van der Waals surface area (Å²) >= 11 is 1.78. The standard InChI is InChI=1S/C15H21N3OS.ClH/c1-16-11-4-3-7-18(9-11)10-15-17-13-6-5-12(19-2)8-14(13)20-15;/h5-6,8,11,16H,3-4,7,9-10H2,1-2H3;1H. The molecule has 21 heavy (non-hydrogen) atoms. The smallest absolute Gasteiger partial charge is 0.120 e. The molecule has 1 saturated heterocycles. The van der Waals surface area contributed by atoms with Gasteiger partial charge in [-0.3, -0.25) is 4.90 Å². The van der Waals surface area contributed by atoms with E-state index >= 15 is 0 Å². The number of rotatable bonds is 4. The molecule has 2 heterocycles. The molecule has 1 atom stereocenters. The highest BCUT2D eigenvalue weighted by Crippen LogP contribution is 2.27. The van der Waals surface area contributed by atoms with E-state index in [1.807, 2.05) is 12.1 Å². The summed E-state index contributed by atoms with van der Waals surface area (Å²) in [6.07, 6.45) is 2.55. The number of halogens is 1. The minimum absolute atomic E-state index is 0. The lowest BCUT2D eigenvalue weighted by Crippen LogP contribution is -2.43. The van der Waals surface area contributed by atoms with E-state index in [1.165, 1.54) is 29.1 Å². The summed E-state index contributed by atoms with van der Waals surface area (Å²) in [6, 6.07) is 6.71. The van der Waals surface area contributed by atoms with Gasteiger partial charge in [0.2, 0.25) is 0 Å². The van der Waals surface area contributed by atoms with Crippen LogP contribution in [0.2, 0.25) is 0 Å². The lowest BCUT2D eigenvalue weighted by atomic mass is 10.1. The third-order valence-electron chi connectivity index (χ3n) is 3.91. The molecule has 1 fully saturated rings. The van der Waals surface area contributed by atoms with E-state index in [0.29, 0.717) is 6.04 Å². The van der Waals surface area contributed by atoms with E-state index in [4.69, 9.17) is 9.72 Å². The summed E-state index contributed by atoms with van der Waals surface area (Å²) in [6.45, 7) is 3.26. The van der Waals surface area contributed by atoms with Crippen LogP contribution in [-0.4, -0.2) is 43.2 Å². The van der Waals surface area contributed by atoms with Crippen molar-refractivity contribution < 1.29 is 4.74 Å². The second-order valence-electron chi connectivity index (χ2n) is 5.30. The lowest BCUT2D eigenvalue weighted by Gasteiger charge is -2.31. The summed E-state index contributed by atoms with van der Waals surface area (Å²) in [5.74, 6) is 0.904. The Kier molecular flexibility index (Phi) is 5.81. The summed E-state index contributed by atoms with van der Waals surface area (Å²) in [5.41, 5.74) is 1.08. The van der Waals surface area contributed by atoms with Gasteiger partial charge >= 0.3 is 0 Å². The minimum atomic E-state index is 0. The van der Waals surface area contributed by atoms with Crippen LogP contribution in [0.3, 0.4) is 0 Å². The summed E-state index contributed by atoms with van der Waals surface area (Å²) < 4.78 is 6.48. The number of likely N-dealkylation sites (tertiary alicyclic amines) is 1. The highest BCUT2D eigenvalue weighted by atomic mass is 35.5. The Bertz CT molecular complexity index is 589. The van der Waals surface area contributed by atoms with Gasteiger partial charge in [-0.05, 0) is 44.6 Å². The number of aromatic nitrogens is 1. The van der Waals surface area contributed by atoms with Crippen molar-refractivity contribution in [2.75, 3.05) is 27.2 Å². The first-order valence-electron chi connectivity index (χ1n) is 7.11. The number of hydrogen-bond donors (Lipinski definition) is 1. The largest absolute Gasteiger partial charge is 0.497 e. The molecule has 0 spiro atoms. The van der Waals surface area contributed by atoms with Gasteiger partial charge in [-0.25, -0.2) is 4.98 Å². The summed E-state index contributed by atoms with van der Waals surface area (Å²) in [5, 5.41) is 4.59. The second-order valence-corrected chi connectivity index (χ2v) is 6.42. The molecule has 1 aromatic heterocycles. The topological polar surface area (TPSA) is 37.4 Å². The van der Waals surface area contributed by atoms with Crippen LogP contribution in [-0.2, 0) is 6.54 Å². The maximum Gasteiger partial charge on any atom is 0.120 e. The van der Waals surface area contributed by atoms with Crippen molar-refractivity contribution in [3.63, 3.8) is 0 Å². The van der Waals surface area contributed by atoms with Crippen LogP contribution in [0, 0.1) is 0 Å². The molecule has 0 amide bonds. The fourth-order valence-corrected chi connectivity index (χ4v) is 3.81. The Morgan fingerprint density at radius 1 is 1.48 bits per heavy atom. The van der Waals surface area contributed by atoms with E-state index in [1.54, 1.807) is 18.4 Å². The van der Waals surface area contributed by atoms with E-state index in [0.717, 1.165) is 24.4 Å². The highest BCUT2D eigenvalue weighted by Gasteiger charge is 2.19. The van der Waals surface area contributed by atoms with E-state index in [-0.39, 0.29) is 12.4 Å². The van der Waals surface area contributed by atoms with Crippen LogP contribution in [0.15, 0.2) is 18.2 Å². The van der Waals surface area contributed by atoms with Crippen LogP contribution in [0.1, 0.15) is 17.8 Å². The molecular formula is C15H22ClN3OS. The SMILES string of the molecule is CNC1CCCN(Cc2nc3ccc(OC)cc3s2)C1.Cl. The normalized spacial score (nSPS) is 19.4. The zero-order valence-corrected chi connectivity index (χ0v) is 14.1. The molecule has 4 nitrogen and oxygen atoms in total. The third kappa shape index (κ3) is 3.86. The van der Waals surface area contributed by atoms with Crippen LogP contribution in [0.25, 0.3) is 10.2 Å². The number of piperidine rings is 1. The second kappa shape index (κ2) is 7.40. The fourth-order valence-electron chi connectivity index (χ4n) is 2.77. The van der Waals surface area contributed by atoms with Crippen molar-refractivity contribution in [2.24, 2.45) is 0 Å². The van der Waals surface area contributed by atoms with Gasteiger partial charge in [0.15, 0.2) is 0 Å². The van der Waals surface area contributed by atoms with Gasteiger partial charge in [-0.1, -0.05) is 0 Å². The number of fused-ring (bicyclic) bond motifs is 1. The van der Waals surface area contributed by atoms with Crippen LogP contribution in [0.5, 0.6) is 5.75 Å². The predicted octanol–water partition coefficient (Wildman–Crippen LogP) is 2.91. The molecule has 1 aliphatic heterocycles. The van der Waals surface area contributed by atoms with Crippen LogP contribution < -0.4 is 10.1 Å². The van der Waals surface area contributed by atoms with Crippen molar-refractivity contribution in [1.29, 1.82) is 0 Å². The quantitative estimate of drug-likeness (QED) is 0.937. The van der Waals surface area contributed by atoms with Crippen molar-refractivity contribution >= 4 is 34.0 Å². The van der Waals surface area contributed by atoms with Gasteiger partial charge in [-0.15, -0.1) is 23.7 Å². The highest BCUT2D eigenvalue weighted by molar-refractivity contribution is 7.18. The van der Waals surface area contributed by atoms with Crippen molar-refractivity contribution in [1.82, 2.24) is 15.2 Å². The molecule has 2 aromatic rings. The first-order valence-corrected chi connectivity index (χ1v) is 7.93. The van der Waals surface area contributed by atoms with Gasteiger partial charge in [0.05, 0.1) is 23.9 Å². The molecule has 0 radical (unpaired) electrons. The first-order chi connectivity index (χ1) is 9.78. The fraction of sp³-hybridized carbons (Fsp3) is 0.533. The Hall–Kier alpha value is -0.880. The van der Waals surface area contributed by atoms with Crippen molar-refractivity contribution in [2.45, 2.75) is 25.4 Å². The number of methoxy groups -OCH3 is 1. The molecule has 1 unspecified atom stereocenters. The molecule has 116 valence electrons. The molecule has 0 saturated carbocycles. The molecule has 1 aromatic carbocycles. The average molecular weight is 328 g/mol. The van der Waals surface area contributed by atoms with Gasteiger partial charge in [0.1, 0.15) is 10.8 Å². The van der Waals surface area contributed by atoms with Gasteiger partial charge < -0.3 is 10.1 Å². The molecule has 3 rings (SSSR count). The molecule has 0 bridgehead atoms. The van der Waals surface area contributed by atoms with E-state index < -0.39 is 0 Å².